The van der Waals surface area contributed by atoms with Crippen LogP contribution in [0.4, 0.5) is 4.79 Å². The number of phenols is 1. The minimum atomic E-state index is -0.505. The predicted molar refractivity (Wildman–Crippen MR) is 101 cm³/mol. The van der Waals surface area contributed by atoms with Crippen molar-refractivity contribution >= 4 is 28.8 Å². The highest BCUT2D eigenvalue weighted by atomic mass is 32.2. The molecule has 1 aliphatic heterocycles. The first kappa shape index (κ1) is 18.8. The highest BCUT2D eigenvalue weighted by molar-refractivity contribution is 8.15. The maximum atomic E-state index is 12.6. The maximum Gasteiger partial charge on any atom is 0.286 e. The van der Waals surface area contributed by atoms with Gasteiger partial charge in [0.15, 0.2) is 0 Å². The second-order valence-electron chi connectivity index (χ2n) is 5.97. The monoisotopic (exact) mass is 386 g/mol. The van der Waals surface area contributed by atoms with E-state index >= 15 is 0 Å². The van der Waals surface area contributed by atoms with Gasteiger partial charge in [-0.2, -0.15) is 0 Å². The fraction of sp³-hybridized carbons (Fsp3) is 0.211. The molecular formula is C19H18N2O5S. The van der Waals surface area contributed by atoms with Gasteiger partial charge in [0.2, 0.25) is 5.91 Å². The van der Waals surface area contributed by atoms with Crippen LogP contribution >= 0.6 is 11.8 Å². The maximum absolute atomic E-state index is 12.6. The number of carbonyl (C=O) groups excluding carboxylic acids is 3. The van der Waals surface area contributed by atoms with Crippen LogP contribution in [0.3, 0.4) is 0 Å². The highest BCUT2D eigenvalue weighted by Gasteiger charge is 2.31. The summed E-state index contributed by atoms with van der Waals surface area (Å²) in [5.41, 5.74) is 1.85. The minimum Gasteiger partial charge on any atom is -0.508 e. The molecule has 0 aliphatic carbocycles. The van der Waals surface area contributed by atoms with Gasteiger partial charge >= 0.3 is 0 Å². The third kappa shape index (κ3) is 4.59. The largest absolute Gasteiger partial charge is 0.508 e. The van der Waals surface area contributed by atoms with Crippen molar-refractivity contribution in [2.45, 2.75) is 18.2 Å². The molecule has 1 atom stereocenters. The lowest BCUT2D eigenvalue weighted by Gasteiger charge is -2.12. The predicted octanol–water partition coefficient (Wildman–Crippen LogP) is 2.22. The van der Waals surface area contributed by atoms with E-state index in [9.17, 15) is 19.5 Å². The number of phenolic OH excluding ortho intramolecular Hbond substituents is 1. The molecule has 7 nitrogen and oxygen atoms in total. The number of methoxy groups -OCH3 is 1. The molecule has 27 heavy (non-hydrogen) atoms. The average Bonchev–Trinajstić information content (AvgIpc) is 2.96. The summed E-state index contributed by atoms with van der Waals surface area (Å²) in [4.78, 5) is 35.6. The van der Waals surface area contributed by atoms with E-state index in [0.29, 0.717) is 17.7 Å². The molecule has 3 amide bonds. The minimum absolute atomic E-state index is 0.128. The zero-order chi connectivity index (χ0) is 19.4. The molecule has 2 aromatic carbocycles. The Morgan fingerprint density at radius 1 is 1.22 bits per heavy atom. The van der Waals surface area contributed by atoms with Crippen LogP contribution in [0.1, 0.15) is 21.5 Å². The number of aromatic hydroxyl groups is 1. The molecule has 1 fully saturated rings. The summed E-state index contributed by atoms with van der Waals surface area (Å²) < 4.78 is 5.26. The van der Waals surface area contributed by atoms with Crippen LogP contribution in [0, 0.1) is 0 Å². The number of imide groups is 1. The normalized spacial score (nSPS) is 16.1. The van der Waals surface area contributed by atoms with Gasteiger partial charge in [0.1, 0.15) is 11.5 Å². The topological polar surface area (TPSA) is 105 Å². The molecule has 0 spiro atoms. The Morgan fingerprint density at radius 2 is 2.04 bits per heavy atom. The summed E-state index contributed by atoms with van der Waals surface area (Å²) in [6.45, 7) is 0.246. The Kier molecular flexibility index (Phi) is 5.66. The SMILES string of the molecule is COc1ccc(CC2SC(=O)NC2=O)cc1C(=O)NCc1cccc(O)c1. The Balaban J connectivity index is 1.73. The lowest BCUT2D eigenvalue weighted by atomic mass is 10.0. The van der Waals surface area contributed by atoms with Crippen molar-refractivity contribution in [3.63, 3.8) is 0 Å². The molecule has 1 unspecified atom stereocenters. The van der Waals surface area contributed by atoms with Crippen LogP contribution < -0.4 is 15.4 Å². The summed E-state index contributed by atoms with van der Waals surface area (Å²) in [5, 5.41) is 13.7. The van der Waals surface area contributed by atoms with Gasteiger partial charge in [-0.3, -0.25) is 19.7 Å². The van der Waals surface area contributed by atoms with Crippen molar-refractivity contribution in [2.24, 2.45) is 0 Å². The quantitative estimate of drug-likeness (QED) is 0.703. The Labute approximate surface area is 160 Å². The van der Waals surface area contributed by atoms with Crippen molar-refractivity contribution < 1.29 is 24.2 Å². The third-order valence-corrected chi connectivity index (χ3v) is 5.04. The summed E-state index contributed by atoms with van der Waals surface area (Å²) >= 11 is 0.947. The van der Waals surface area contributed by atoms with Crippen LogP contribution in [-0.2, 0) is 17.8 Å². The summed E-state index contributed by atoms with van der Waals surface area (Å²) in [5.74, 6) is -0.123. The first-order valence-electron chi connectivity index (χ1n) is 8.21. The number of amides is 3. The van der Waals surface area contributed by atoms with E-state index in [2.05, 4.69) is 10.6 Å². The van der Waals surface area contributed by atoms with Crippen molar-refractivity contribution in [3.05, 3.63) is 59.2 Å². The molecule has 0 saturated carbocycles. The van der Waals surface area contributed by atoms with Crippen molar-refractivity contribution in [3.8, 4) is 11.5 Å². The molecule has 1 heterocycles. The van der Waals surface area contributed by atoms with Crippen molar-refractivity contribution in [2.75, 3.05) is 7.11 Å². The molecule has 1 aliphatic rings. The van der Waals surface area contributed by atoms with Gasteiger partial charge in [0.25, 0.3) is 11.1 Å². The number of hydrogen-bond acceptors (Lipinski definition) is 6. The molecule has 2 aromatic rings. The number of ether oxygens (including phenoxy) is 1. The van der Waals surface area contributed by atoms with E-state index in [1.54, 1.807) is 42.5 Å². The lowest BCUT2D eigenvalue weighted by Crippen LogP contribution is -2.26. The van der Waals surface area contributed by atoms with Gasteiger partial charge in [0.05, 0.1) is 17.9 Å². The standard InChI is InChI=1S/C19H18N2O5S/c1-26-15-6-5-11(9-16-18(24)21-19(25)27-16)8-14(15)17(23)20-10-12-3-2-4-13(22)7-12/h2-8,16,22H,9-10H2,1H3,(H,20,23)(H,21,24,25). The molecule has 0 bridgehead atoms. The van der Waals surface area contributed by atoms with Crippen LogP contribution in [0.25, 0.3) is 0 Å². The number of carbonyl (C=O) groups is 3. The van der Waals surface area contributed by atoms with Gasteiger partial charge in [-0.25, -0.2) is 0 Å². The lowest BCUT2D eigenvalue weighted by molar-refractivity contribution is -0.118. The van der Waals surface area contributed by atoms with E-state index < -0.39 is 5.25 Å². The first-order valence-corrected chi connectivity index (χ1v) is 9.08. The van der Waals surface area contributed by atoms with Gasteiger partial charge in [-0.1, -0.05) is 30.0 Å². The Hall–Kier alpha value is -3.00. The molecular weight excluding hydrogens is 368 g/mol. The van der Waals surface area contributed by atoms with E-state index in [-0.39, 0.29) is 29.3 Å². The average molecular weight is 386 g/mol. The van der Waals surface area contributed by atoms with Crippen LogP contribution in [0.2, 0.25) is 0 Å². The Morgan fingerprint density at radius 3 is 2.70 bits per heavy atom. The molecule has 140 valence electrons. The second-order valence-corrected chi connectivity index (χ2v) is 7.15. The van der Waals surface area contributed by atoms with Gasteiger partial charge in [0, 0.05) is 6.54 Å². The first-order chi connectivity index (χ1) is 13.0. The van der Waals surface area contributed by atoms with E-state index in [4.69, 9.17) is 4.74 Å². The van der Waals surface area contributed by atoms with Crippen LogP contribution in [0.5, 0.6) is 11.5 Å². The number of benzene rings is 2. The molecule has 3 N–H and O–H groups in total. The van der Waals surface area contributed by atoms with Crippen LogP contribution in [0.15, 0.2) is 42.5 Å². The summed E-state index contributed by atoms with van der Waals surface area (Å²) in [6.07, 6.45) is 0.332. The van der Waals surface area contributed by atoms with Crippen molar-refractivity contribution in [1.82, 2.24) is 10.6 Å². The molecule has 3 rings (SSSR count). The van der Waals surface area contributed by atoms with Crippen molar-refractivity contribution in [1.29, 1.82) is 0 Å². The fourth-order valence-corrected chi connectivity index (χ4v) is 3.60. The number of hydrogen-bond donors (Lipinski definition) is 3. The van der Waals surface area contributed by atoms with Gasteiger partial charge in [-0.05, 0) is 41.8 Å². The molecule has 0 radical (unpaired) electrons. The van der Waals surface area contributed by atoms with Crippen LogP contribution in [-0.4, -0.2) is 34.5 Å². The zero-order valence-electron chi connectivity index (χ0n) is 14.5. The summed E-state index contributed by atoms with van der Waals surface area (Å²) in [6, 6.07) is 11.7. The highest BCUT2D eigenvalue weighted by Crippen LogP contribution is 2.26. The summed E-state index contributed by atoms with van der Waals surface area (Å²) in [7, 11) is 1.47. The second kappa shape index (κ2) is 8.13. The fourth-order valence-electron chi connectivity index (χ4n) is 2.75. The smallest absolute Gasteiger partial charge is 0.286 e. The van der Waals surface area contributed by atoms with Gasteiger partial charge in [-0.15, -0.1) is 0 Å². The zero-order valence-corrected chi connectivity index (χ0v) is 15.3. The number of nitrogens with one attached hydrogen (secondary N) is 2. The molecule has 1 saturated heterocycles. The number of rotatable bonds is 6. The van der Waals surface area contributed by atoms with E-state index in [1.165, 1.54) is 7.11 Å². The van der Waals surface area contributed by atoms with E-state index in [1.807, 2.05) is 0 Å². The van der Waals surface area contributed by atoms with E-state index in [0.717, 1.165) is 22.9 Å². The number of thioether (sulfide) groups is 1. The molecule has 8 heteroatoms. The Bertz CT molecular complexity index is 899. The molecule has 0 aromatic heterocycles. The third-order valence-electron chi connectivity index (χ3n) is 4.06. The van der Waals surface area contributed by atoms with Gasteiger partial charge < -0.3 is 15.2 Å².